The molecule has 0 bridgehead atoms. The maximum absolute atomic E-state index is 14.9. The number of carbonyl (C=O) groups excluding carboxylic acids is 3. The van der Waals surface area contributed by atoms with Gasteiger partial charge in [-0.1, -0.05) is 6.07 Å². The van der Waals surface area contributed by atoms with Crippen LogP contribution in [0.5, 0.6) is 5.75 Å². The van der Waals surface area contributed by atoms with Crippen LogP contribution in [0.2, 0.25) is 0 Å². The lowest BCUT2D eigenvalue weighted by Gasteiger charge is -2.34. The van der Waals surface area contributed by atoms with Crippen molar-refractivity contribution < 1.29 is 23.5 Å². The minimum Gasteiger partial charge on any atom is -0.495 e. The van der Waals surface area contributed by atoms with Gasteiger partial charge in [-0.15, -0.1) is 0 Å². The van der Waals surface area contributed by atoms with Crippen molar-refractivity contribution in [1.82, 2.24) is 10.6 Å². The third kappa shape index (κ3) is 5.05. The molecule has 1 unspecified atom stereocenters. The van der Waals surface area contributed by atoms with Crippen LogP contribution in [0.15, 0.2) is 36.4 Å². The van der Waals surface area contributed by atoms with Gasteiger partial charge in [-0.2, -0.15) is 0 Å². The number of ether oxygens (including phenoxy) is 1. The van der Waals surface area contributed by atoms with E-state index in [0.717, 1.165) is 0 Å². The highest BCUT2D eigenvalue weighted by atomic mass is 19.1. The molecule has 0 aromatic heterocycles. The molecule has 180 valence electrons. The van der Waals surface area contributed by atoms with E-state index in [0.29, 0.717) is 60.7 Å². The molecule has 9 nitrogen and oxygen atoms in total. The summed E-state index contributed by atoms with van der Waals surface area (Å²) in [4.78, 5) is 37.8. The average Bonchev–Trinajstić information content (AvgIpc) is 2.82. The summed E-state index contributed by atoms with van der Waals surface area (Å²) in [5.74, 6) is -0.904. The Morgan fingerprint density at radius 3 is 2.62 bits per heavy atom. The van der Waals surface area contributed by atoms with Crippen molar-refractivity contribution in [2.75, 3.05) is 36.1 Å². The van der Waals surface area contributed by atoms with Gasteiger partial charge in [-0.25, -0.2) is 4.39 Å². The van der Waals surface area contributed by atoms with E-state index in [1.165, 1.54) is 13.2 Å². The lowest BCUT2D eigenvalue weighted by molar-refractivity contribution is -0.133. The topological polar surface area (TPSA) is 126 Å². The summed E-state index contributed by atoms with van der Waals surface area (Å²) in [5.41, 5.74) is 7.64. The van der Waals surface area contributed by atoms with Gasteiger partial charge in [0.05, 0.1) is 24.0 Å². The summed E-state index contributed by atoms with van der Waals surface area (Å²) in [7, 11) is 1.50. The Morgan fingerprint density at radius 2 is 1.94 bits per heavy atom. The Kier molecular flexibility index (Phi) is 6.85. The molecule has 0 spiro atoms. The molecule has 0 aliphatic carbocycles. The number of benzene rings is 2. The second kappa shape index (κ2) is 9.98. The first-order chi connectivity index (χ1) is 16.4. The maximum atomic E-state index is 14.9. The minimum atomic E-state index is -0.569. The molecule has 0 saturated carbocycles. The van der Waals surface area contributed by atoms with Gasteiger partial charge >= 0.3 is 0 Å². The number of hydrogen-bond acceptors (Lipinski definition) is 7. The van der Waals surface area contributed by atoms with Crippen molar-refractivity contribution in [2.24, 2.45) is 0 Å². The molecule has 5 N–H and O–H groups in total. The zero-order valence-electron chi connectivity index (χ0n) is 18.9. The molecule has 2 aromatic rings. The Bertz CT molecular complexity index is 1100. The molecular formula is C24H28FN5O4. The standard InChI is InChI=1S/C24H28FN5O4/c1-34-20-4-2-3-16(22(20)26)23(32)28-14-9-11-30(12-10-14)19-7-5-15(13-17(19)25)27-18-6-8-21(31)29-24(18)33/h2-5,7,13-14,18,27H,6,8-12,26H2,1H3,(H,28,32)(H,29,31,33). The number of para-hydroxylation sites is 1. The predicted octanol–water partition coefficient (Wildman–Crippen LogP) is 2.03. The van der Waals surface area contributed by atoms with E-state index < -0.39 is 17.8 Å². The highest BCUT2D eigenvalue weighted by molar-refractivity contribution is 6.01. The van der Waals surface area contributed by atoms with Crippen LogP contribution in [0.25, 0.3) is 0 Å². The molecule has 2 fully saturated rings. The lowest BCUT2D eigenvalue weighted by atomic mass is 10.0. The Hall–Kier alpha value is -3.82. The summed E-state index contributed by atoms with van der Waals surface area (Å²) in [6.45, 7) is 1.16. The highest BCUT2D eigenvalue weighted by Crippen LogP contribution is 2.28. The predicted molar refractivity (Wildman–Crippen MR) is 126 cm³/mol. The van der Waals surface area contributed by atoms with Crippen LogP contribution in [0.4, 0.5) is 21.5 Å². The molecule has 4 rings (SSSR count). The molecule has 3 amide bonds. The zero-order valence-corrected chi connectivity index (χ0v) is 18.9. The van der Waals surface area contributed by atoms with Gasteiger partial charge in [0.1, 0.15) is 17.6 Å². The number of amides is 3. The molecule has 0 radical (unpaired) electrons. The molecule has 1 atom stereocenters. The SMILES string of the molecule is COc1cccc(C(=O)NC2CCN(c3ccc(NC4CCC(=O)NC4=O)cc3F)CC2)c1N. The molecule has 2 aromatic carbocycles. The third-order valence-corrected chi connectivity index (χ3v) is 6.23. The number of halogens is 1. The first kappa shape index (κ1) is 23.3. The van der Waals surface area contributed by atoms with Crippen LogP contribution < -0.4 is 31.3 Å². The minimum absolute atomic E-state index is 0.0501. The van der Waals surface area contributed by atoms with Gasteiger partial charge in [0.15, 0.2) is 0 Å². The number of carbonyl (C=O) groups is 3. The van der Waals surface area contributed by atoms with Crippen molar-refractivity contribution in [3.63, 3.8) is 0 Å². The number of rotatable bonds is 6. The van der Waals surface area contributed by atoms with Gasteiger partial charge in [-0.05, 0) is 49.6 Å². The van der Waals surface area contributed by atoms with E-state index in [2.05, 4.69) is 16.0 Å². The molecule has 2 heterocycles. The van der Waals surface area contributed by atoms with Crippen LogP contribution >= 0.6 is 0 Å². The molecule has 2 aliphatic heterocycles. The van der Waals surface area contributed by atoms with Gasteiger partial charge in [0.25, 0.3) is 5.91 Å². The molecule has 10 heteroatoms. The van der Waals surface area contributed by atoms with E-state index in [1.54, 1.807) is 30.3 Å². The number of anilines is 3. The van der Waals surface area contributed by atoms with Crippen molar-refractivity contribution in [3.8, 4) is 5.75 Å². The average molecular weight is 470 g/mol. The first-order valence-electron chi connectivity index (χ1n) is 11.2. The van der Waals surface area contributed by atoms with Crippen molar-refractivity contribution in [2.45, 2.75) is 37.8 Å². The number of nitrogens with one attached hydrogen (secondary N) is 3. The molecular weight excluding hydrogens is 441 g/mol. The van der Waals surface area contributed by atoms with E-state index in [-0.39, 0.29) is 24.3 Å². The van der Waals surface area contributed by atoms with Crippen molar-refractivity contribution in [1.29, 1.82) is 0 Å². The van der Waals surface area contributed by atoms with E-state index in [1.807, 2.05) is 4.90 Å². The van der Waals surface area contributed by atoms with Gasteiger partial charge in [-0.3, -0.25) is 19.7 Å². The smallest absolute Gasteiger partial charge is 0.253 e. The summed E-state index contributed by atoms with van der Waals surface area (Å²) < 4.78 is 20.0. The van der Waals surface area contributed by atoms with Gasteiger partial charge in [0.2, 0.25) is 11.8 Å². The largest absolute Gasteiger partial charge is 0.495 e. The third-order valence-electron chi connectivity index (χ3n) is 6.23. The van der Waals surface area contributed by atoms with Crippen LogP contribution in [-0.2, 0) is 9.59 Å². The number of hydrogen-bond donors (Lipinski definition) is 4. The van der Waals surface area contributed by atoms with Crippen LogP contribution in [-0.4, -0.2) is 50.0 Å². The second-order valence-electron chi connectivity index (χ2n) is 8.47. The first-order valence-corrected chi connectivity index (χ1v) is 11.2. The highest BCUT2D eigenvalue weighted by Gasteiger charge is 2.27. The number of nitrogen functional groups attached to an aromatic ring is 1. The Balaban J connectivity index is 1.33. The number of piperidine rings is 2. The monoisotopic (exact) mass is 469 g/mol. The van der Waals surface area contributed by atoms with Crippen molar-refractivity contribution >= 4 is 34.8 Å². The zero-order chi connectivity index (χ0) is 24.2. The summed E-state index contributed by atoms with van der Waals surface area (Å²) in [5, 5.41) is 8.28. The van der Waals surface area contributed by atoms with Crippen molar-refractivity contribution in [3.05, 3.63) is 47.8 Å². The van der Waals surface area contributed by atoms with E-state index in [4.69, 9.17) is 10.5 Å². The van der Waals surface area contributed by atoms with Gasteiger partial charge < -0.3 is 26.0 Å². The number of imide groups is 1. The molecule has 34 heavy (non-hydrogen) atoms. The second-order valence-corrected chi connectivity index (χ2v) is 8.47. The summed E-state index contributed by atoms with van der Waals surface area (Å²) in [6.07, 6.45) is 1.94. The van der Waals surface area contributed by atoms with Gasteiger partial charge in [0, 0.05) is 31.2 Å². The Morgan fingerprint density at radius 1 is 1.18 bits per heavy atom. The Labute approximate surface area is 196 Å². The van der Waals surface area contributed by atoms with Crippen LogP contribution in [0.3, 0.4) is 0 Å². The molecule has 2 aliphatic rings. The normalized spacial score (nSPS) is 18.9. The fourth-order valence-corrected chi connectivity index (χ4v) is 4.33. The quantitative estimate of drug-likeness (QED) is 0.377. The number of nitrogens with two attached hydrogens (primary N) is 1. The fourth-order valence-electron chi connectivity index (χ4n) is 4.33. The van der Waals surface area contributed by atoms with Crippen LogP contribution in [0.1, 0.15) is 36.0 Å². The molecule has 2 saturated heterocycles. The summed E-state index contributed by atoms with van der Waals surface area (Å²) in [6, 6.07) is 9.22. The van der Waals surface area contributed by atoms with E-state index >= 15 is 0 Å². The number of methoxy groups -OCH3 is 1. The number of nitrogens with zero attached hydrogens (tertiary/aromatic N) is 1. The fraction of sp³-hybridized carbons (Fsp3) is 0.375. The summed E-state index contributed by atoms with van der Waals surface area (Å²) >= 11 is 0. The van der Waals surface area contributed by atoms with E-state index in [9.17, 15) is 18.8 Å². The van der Waals surface area contributed by atoms with Crippen LogP contribution in [0, 0.1) is 5.82 Å². The lowest BCUT2D eigenvalue weighted by Crippen LogP contribution is -2.47. The maximum Gasteiger partial charge on any atom is 0.253 e.